The maximum atomic E-state index is 12.9. The third-order valence-electron chi connectivity index (χ3n) is 3.60. The Hall–Kier alpha value is -2.49. The highest BCUT2D eigenvalue weighted by Gasteiger charge is 2.14. The molecule has 3 nitrogen and oxygen atoms in total. The predicted molar refractivity (Wildman–Crippen MR) is 91.2 cm³/mol. The van der Waals surface area contributed by atoms with Gasteiger partial charge in [-0.15, -0.1) is 0 Å². The maximum Gasteiger partial charge on any atom is 0.271 e. The smallest absolute Gasteiger partial charge is 0.267 e. The molecule has 1 amide bonds. The van der Waals surface area contributed by atoms with E-state index >= 15 is 0 Å². The zero-order chi connectivity index (χ0) is 17.0. The van der Waals surface area contributed by atoms with Crippen molar-refractivity contribution in [3.8, 4) is 0 Å². The summed E-state index contributed by atoms with van der Waals surface area (Å²) in [4.78, 5) is 12.1. The molecule has 0 saturated heterocycles. The fraction of sp³-hybridized carbons (Fsp3) is 0.263. The normalized spacial score (nSPS) is 12.1. The first-order valence-corrected chi connectivity index (χ1v) is 7.48. The van der Waals surface area contributed by atoms with Crippen molar-refractivity contribution in [2.45, 2.75) is 33.1 Å². The van der Waals surface area contributed by atoms with Gasteiger partial charge in [0.1, 0.15) is 5.82 Å². The number of benzene rings is 2. The third-order valence-corrected chi connectivity index (χ3v) is 3.60. The zero-order valence-corrected chi connectivity index (χ0v) is 13.9. The molecule has 2 aromatic carbocycles. The first kappa shape index (κ1) is 16.9. The number of hydrazone groups is 1. The van der Waals surface area contributed by atoms with Crippen LogP contribution in [0.25, 0.3) is 0 Å². The van der Waals surface area contributed by atoms with Crippen LogP contribution in [0, 0.1) is 5.82 Å². The second-order valence-electron chi connectivity index (χ2n) is 6.47. The number of hydrogen-bond donors (Lipinski definition) is 1. The molecule has 4 heteroatoms. The minimum atomic E-state index is -0.301. The van der Waals surface area contributed by atoms with Gasteiger partial charge >= 0.3 is 0 Å². The lowest BCUT2D eigenvalue weighted by Crippen LogP contribution is -2.20. The van der Waals surface area contributed by atoms with Crippen LogP contribution in [0.2, 0.25) is 0 Å². The van der Waals surface area contributed by atoms with Crippen molar-refractivity contribution in [3.05, 3.63) is 71.0 Å². The number of halogens is 1. The van der Waals surface area contributed by atoms with Crippen LogP contribution < -0.4 is 5.43 Å². The molecule has 0 bridgehead atoms. The molecule has 1 N–H and O–H groups in total. The van der Waals surface area contributed by atoms with Gasteiger partial charge in [-0.05, 0) is 47.7 Å². The van der Waals surface area contributed by atoms with Gasteiger partial charge in [-0.1, -0.05) is 45.0 Å². The van der Waals surface area contributed by atoms with Crippen LogP contribution in [0.15, 0.2) is 53.6 Å². The Balaban J connectivity index is 2.07. The Morgan fingerprint density at radius 3 is 2.00 bits per heavy atom. The van der Waals surface area contributed by atoms with Gasteiger partial charge in [0.2, 0.25) is 0 Å². The first-order chi connectivity index (χ1) is 10.8. The quantitative estimate of drug-likeness (QED) is 0.667. The van der Waals surface area contributed by atoms with E-state index in [4.69, 9.17) is 0 Å². The van der Waals surface area contributed by atoms with Crippen molar-refractivity contribution in [3.63, 3.8) is 0 Å². The number of amides is 1. The zero-order valence-electron chi connectivity index (χ0n) is 13.9. The van der Waals surface area contributed by atoms with Crippen molar-refractivity contribution in [2.75, 3.05) is 0 Å². The first-order valence-electron chi connectivity index (χ1n) is 7.48. The molecule has 0 aliphatic carbocycles. The Morgan fingerprint density at radius 1 is 0.957 bits per heavy atom. The van der Waals surface area contributed by atoms with Gasteiger partial charge in [0, 0.05) is 5.56 Å². The average molecular weight is 312 g/mol. The van der Waals surface area contributed by atoms with Gasteiger partial charge in [0.25, 0.3) is 5.91 Å². The van der Waals surface area contributed by atoms with Crippen molar-refractivity contribution < 1.29 is 9.18 Å². The van der Waals surface area contributed by atoms with E-state index < -0.39 is 0 Å². The SMILES string of the molecule is C/C(=N\NC(=O)c1ccc(C(C)(C)C)cc1)c1ccc(F)cc1. The second-order valence-corrected chi connectivity index (χ2v) is 6.47. The Morgan fingerprint density at radius 2 is 1.48 bits per heavy atom. The number of carbonyl (C=O) groups is 1. The lowest BCUT2D eigenvalue weighted by atomic mass is 9.87. The lowest BCUT2D eigenvalue weighted by molar-refractivity contribution is 0.0955. The van der Waals surface area contributed by atoms with Crippen LogP contribution >= 0.6 is 0 Å². The number of nitrogens with one attached hydrogen (secondary N) is 1. The van der Waals surface area contributed by atoms with Crippen LogP contribution in [-0.4, -0.2) is 11.6 Å². The summed E-state index contributed by atoms with van der Waals surface area (Å²) in [7, 11) is 0. The minimum Gasteiger partial charge on any atom is -0.267 e. The van der Waals surface area contributed by atoms with E-state index in [-0.39, 0.29) is 17.1 Å². The van der Waals surface area contributed by atoms with Crippen LogP contribution in [0.5, 0.6) is 0 Å². The van der Waals surface area contributed by atoms with Crippen molar-refractivity contribution in [2.24, 2.45) is 5.10 Å². The molecule has 0 spiro atoms. The second kappa shape index (κ2) is 6.73. The molecule has 0 atom stereocenters. The van der Waals surface area contributed by atoms with E-state index in [1.807, 2.05) is 12.1 Å². The fourth-order valence-corrected chi connectivity index (χ4v) is 2.08. The summed E-state index contributed by atoms with van der Waals surface area (Å²) in [5, 5.41) is 4.07. The van der Waals surface area contributed by atoms with Crippen LogP contribution in [-0.2, 0) is 5.41 Å². The third kappa shape index (κ3) is 4.49. The van der Waals surface area contributed by atoms with E-state index in [1.165, 1.54) is 17.7 Å². The summed E-state index contributed by atoms with van der Waals surface area (Å²) in [5.74, 6) is -0.573. The molecule has 2 aromatic rings. The molecule has 2 rings (SSSR count). The largest absolute Gasteiger partial charge is 0.271 e. The molecule has 0 aliphatic heterocycles. The van der Waals surface area contributed by atoms with Gasteiger partial charge in [-0.3, -0.25) is 4.79 Å². The van der Waals surface area contributed by atoms with Crippen molar-refractivity contribution in [1.82, 2.24) is 5.43 Å². The Kier molecular flexibility index (Phi) is 4.94. The molecule has 0 unspecified atom stereocenters. The number of carbonyl (C=O) groups excluding carboxylic acids is 1. The van der Waals surface area contributed by atoms with E-state index in [9.17, 15) is 9.18 Å². The van der Waals surface area contributed by atoms with Crippen molar-refractivity contribution in [1.29, 1.82) is 0 Å². The molecule has 0 saturated carbocycles. The monoisotopic (exact) mass is 312 g/mol. The maximum absolute atomic E-state index is 12.9. The van der Waals surface area contributed by atoms with Gasteiger partial charge in [-0.25, -0.2) is 9.82 Å². The van der Waals surface area contributed by atoms with Gasteiger partial charge in [0.15, 0.2) is 0 Å². The Bertz CT molecular complexity index is 711. The molecular formula is C19H21FN2O. The summed E-state index contributed by atoms with van der Waals surface area (Å²) < 4.78 is 12.9. The number of rotatable bonds is 3. The summed E-state index contributed by atoms with van der Waals surface area (Å²) in [6, 6.07) is 13.5. The molecular weight excluding hydrogens is 291 g/mol. The minimum absolute atomic E-state index is 0.0479. The summed E-state index contributed by atoms with van der Waals surface area (Å²) in [5.41, 5.74) is 5.66. The summed E-state index contributed by atoms with van der Waals surface area (Å²) >= 11 is 0. The van der Waals surface area contributed by atoms with E-state index in [0.29, 0.717) is 11.3 Å². The number of hydrogen-bond acceptors (Lipinski definition) is 2. The highest BCUT2D eigenvalue weighted by Crippen LogP contribution is 2.22. The van der Waals surface area contributed by atoms with E-state index in [2.05, 4.69) is 31.3 Å². The fourth-order valence-electron chi connectivity index (χ4n) is 2.08. The molecule has 0 radical (unpaired) electrons. The van der Waals surface area contributed by atoms with Gasteiger partial charge < -0.3 is 0 Å². The highest BCUT2D eigenvalue weighted by atomic mass is 19.1. The Labute approximate surface area is 136 Å². The van der Waals surface area contributed by atoms with Gasteiger partial charge in [-0.2, -0.15) is 5.10 Å². The predicted octanol–water partition coefficient (Wildman–Crippen LogP) is 4.28. The number of nitrogens with zero attached hydrogens (tertiary/aromatic N) is 1. The average Bonchev–Trinajstić information content (AvgIpc) is 2.52. The van der Waals surface area contributed by atoms with Crippen LogP contribution in [0.3, 0.4) is 0 Å². The molecule has 0 aromatic heterocycles. The molecule has 0 fully saturated rings. The van der Waals surface area contributed by atoms with E-state index in [0.717, 1.165) is 5.56 Å². The topological polar surface area (TPSA) is 41.5 Å². The van der Waals surface area contributed by atoms with Crippen molar-refractivity contribution >= 4 is 11.6 Å². The van der Waals surface area contributed by atoms with E-state index in [1.54, 1.807) is 31.2 Å². The molecule has 120 valence electrons. The van der Waals surface area contributed by atoms with Gasteiger partial charge in [0.05, 0.1) is 5.71 Å². The lowest BCUT2D eigenvalue weighted by Gasteiger charge is -2.18. The summed E-state index contributed by atoms with van der Waals surface area (Å²) in [6.07, 6.45) is 0. The van der Waals surface area contributed by atoms with Crippen LogP contribution in [0.4, 0.5) is 4.39 Å². The summed E-state index contributed by atoms with van der Waals surface area (Å²) in [6.45, 7) is 8.13. The molecule has 0 heterocycles. The molecule has 0 aliphatic rings. The van der Waals surface area contributed by atoms with Crippen LogP contribution in [0.1, 0.15) is 49.2 Å². The highest BCUT2D eigenvalue weighted by molar-refractivity contribution is 6.00. The standard InChI is InChI=1S/C19H21FN2O/c1-13(14-7-11-17(20)12-8-14)21-22-18(23)15-5-9-16(10-6-15)19(2,3)4/h5-12H,1-4H3,(H,22,23)/b21-13+. The molecule has 23 heavy (non-hydrogen) atoms.